The summed E-state index contributed by atoms with van der Waals surface area (Å²) in [7, 11) is 0. The van der Waals surface area contributed by atoms with Crippen molar-refractivity contribution in [1.82, 2.24) is 35.2 Å². The molecule has 10 nitrogen and oxygen atoms in total. The minimum atomic E-state index is -0.619. The Morgan fingerprint density at radius 1 is 1.16 bits per heavy atom. The number of ether oxygens (including phenoxy) is 1. The Balaban J connectivity index is 1.06. The highest BCUT2D eigenvalue weighted by molar-refractivity contribution is 6.33. The van der Waals surface area contributed by atoms with Gasteiger partial charge in [0.15, 0.2) is 5.65 Å². The van der Waals surface area contributed by atoms with Gasteiger partial charge < -0.3 is 9.64 Å². The zero-order valence-corrected chi connectivity index (χ0v) is 24.6. The minimum absolute atomic E-state index is 0.110. The quantitative estimate of drug-likeness (QED) is 0.265. The van der Waals surface area contributed by atoms with E-state index in [-0.39, 0.29) is 16.0 Å². The van der Waals surface area contributed by atoms with Gasteiger partial charge in [0.05, 0.1) is 40.5 Å². The van der Waals surface area contributed by atoms with E-state index in [4.69, 9.17) is 21.3 Å². The van der Waals surface area contributed by atoms with Gasteiger partial charge in [-0.05, 0) is 68.4 Å². The number of nitrogens with one attached hydrogen (secondary N) is 2. The first kappa shape index (κ1) is 27.6. The molecule has 4 aromatic heterocycles. The predicted octanol–water partition coefficient (Wildman–Crippen LogP) is 5.49. The molecular formula is C31H32ClFN8O2. The van der Waals surface area contributed by atoms with Crippen molar-refractivity contribution < 1.29 is 13.9 Å². The lowest BCUT2D eigenvalue weighted by atomic mass is 9.72. The maximum atomic E-state index is 14.2. The number of rotatable bonds is 6. The van der Waals surface area contributed by atoms with Crippen molar-refractivity contribution in [2.75, 3.05) is 37.7 Å². The molecule has 0 atom stereocenters. The molecule has 7 rings (SSSR count). The lowest BCUT2D eigenvalue weighted by Crippen LogP contribution is -2.54. The van der Waals surface area contributed by atoms with E-state index in [1.807, 2.05) is 34.9 Å². The fourth-order valence-electron chi connectivity index (χ4n) is 6.56. The number of carbonyl (C=O) groups excluding carboxylic acids is 1. The number of hydrazine groups is 1. The number of benzene rings is 1. The van der Waals surface area contributed by atoms with Gasteiger partial charge in [-0.1, -0.05) is 17.7 Å². The van der Waals surface area contributed by atoms with Crippen molar-refractivity contribution >= 4 is 39.9 Å². The molecule has 0 unspecified atom stereocenters. The molecule has 1 aromatic carbocycles. The number of amides is 1. The third-order valence-electron chi connectivity index (χ3n) is 8.73. The van der Waals surface area contributed by atoms with Crippen LogP contribution in [0.25, 0.3) is 27.7 Å². The number of aromatic amines is 1. The van der Waals surface area contributed by atoms with Gasteiger partial charge in [-0.2, -0.15) is 5.10 Å². The second kappa shape index (κ2) is 11.1. The lowest BCUT2D eigenvalue weighted by molar-refractivity contribution is 0.0453. The number of hydrogen-bond donors (Lipinski definition) is 2. The number of nitrogens with zero attached hydrogens (tertiary/aromatic N) is 6. The maximum Gasteiger partial charge on any atom is 0.270 e. The summed E-state index contributed by atoms with van der Waals surface area (Å²) in [5.74, 6) is 0.560. The monoisotopic (exact) mass is 602 g/mol. The SMILES string of the molecule is CCOc1cc(-c2ccc(N3CCCC4(CCN(NC(=O)c5c(F)cccc5Cl)CC4)C3)nc2)c2c3cn[nH]c3nn2c1. The van der Waals surface area contributed by atoms with Crippen molar-refractivity contribution in [3.8, 4) is 16.9 Å². The van der Waals surface area contributed by atoms with Crippen LogP contribution in [0.5, 0.6) is 5.75 Å². The molecule has 6 heterocycles. The van der Waals surface area contributed by atoms with Gasteiger partial charge in [-0.25, -0.2) is 18.9 Å². The van der Waals surface area contributed by atoms with Gasteiger partial charge in [0.2, 0.25) is 0 Å². The first-order valence-electron chi connectivity index (χ1n) is 14.6. The summed E-state index contributed by atoms with van der Waals surface area (Å²) in [6.45, 7) is 5.76. The van der Waals surface area contributed by atoms with Crippen LogP contribution in [0.15, 0.2) is 55.0 Å². The Bertz CT molecular complexity index is 1780. The number of H-pyrrole nitrogens is 1. The third kappa shape index (κ3) is 5.16. The highest BCUT2D eigenvalue weighted by Crippen LogP contribution is 2.41. The summed E-state index contributed by atoms with van der Waals surface area (Å²) in [4.78, 5) is 20.0. The summed E-state index contributed by atoms with van der Waals surface area (Å²) in [6, 6.07) is 10.5. The molecule has 0 radical (unpaired) electrons. The van der Waals surface area contributed by atoms with E-state index in [0.29, 0.717) is 19.7 Å². The molecule has 2 fully saturated rings. The molecule has 0 bridgehead atoms. The van der Waals surface area contributed by atoms with Crippen molar-refractivity contribution in [1.29, 1.82) is 0 Å². The molecule has 222 valence electrons. The molecule has 2 saturated heterocycles. The normalized spacial score (nSPS) is 17.1. The fourth-order valence-corrected chi connectivity index (χ4v) is 6.81. The zero-order valence-electron chi connectivity index (χ0n) is 23.8. The molecule has 2 N–H and O–H groups in total. The highest BCUT2D eigenvalue weighted by Gasteiger charge is 2.39. The average Bonchev–Trinajstić information content (AvgIpc) is 3.60. The van der Waals surface area contributed by atoms with Crippen molar-refractivity contribution in [2.24, 2.45) is 5.41 Å². The first-order chi connectivity index (χ1) is 20.9. The van der Waals surface area contributed by atoms with E-state index < -0.39 is 11.7 Å². The first-order valence-corrected chi connectivity index (χ1v) is 15.0. The van der Waals surface area contributed by atoms with Crippen LogP contribution >= 0.6 is 11.6 Å². The molecule has 5 aromatic rings. The van der Waals surface area contributed by atoms with Gasteiger partial charge in [0, 0.05) is 43.5 Å². The second-order valence-corrected chi connectivity index (χ2v) is 11.8. The van der Waals surface area contributed by atoms with E-state index in [0.717, 1.165) is 78.0 Å². The van der Waals surface area contributed by atoms with E-state index in [1.165, 1.54) is 18.2 Å². The number of carbonyl (C=O) groups is 1. The summed E-state index contributed by atoms with van der Waals surface area (Å²) in [5.41, 5.74) is 6.51. The number of anilines is 1. The Kier molecular flexibility index (Phi) is 7.14. The van der Waals surface area contributed by atoms with Crippen LogP contribution < -0.4 is 15.1 Å². The van der Waals surface area contributed by atoms with Gasteiger partial charge in [-0.15, -0.1) is 5.10 Å². The summed E-state index contributed by atoms with van der Waals surface area (Å²) >= 11 is 6.09. The second-order valence-electron chi connectivity index (χ2n) is 11.4. The van der Waals surface area contributed by atoms with Crippen molar-refractivity contribution in [3.05, 3.63) is 71.4 Å². The van der Waals surface area contributed by atoms with Crippen molar-refractivity contribution in [3.63, 3.8) is 0 Å². The van der Waals surface area contributed by atoms with Gasteiger partial charge in [0.1, 0.15) is 17.4 Å². The summed E-state index contributed by atoms with van der Waals surface area (Å²) in [6.07, 6.45) is 9.67. The fraction of sp³-hybridized carbons (Fsp3) is 0.355. The van der Waals surface area contributed by atoms with Crippen molar-refractivity contribution in [2.45, 2.75) is 32.6 Å². The highest BCUT2D eigenvalue weighted by atomic mass is 35.5. The number of pyridine rings is 2. The number of aromatic nitrogens is 5. The van der Waals surface area contributed by atoms with E-state index >= 15 is 0 Å². The van der Waals surface area contributed by atoms with E-state index in [1.54, 1.807) is 6.20 Å². The van der Waals surface area contributed by atoms with E-state index in [9.17, 15) is 9.18 Å². The van der Waals surface area contributed by atoms with Gasteiger partial charge in [0.25, 0.3) is 5.91 Å². The molecular weight excluding hydrogens is 571 g/mol. The average molecular weight is 603 g/mol. The smallest absolute Gasteiger partial charge is 0.270 e. The largest absolute Gasteiger partial charge is 0.492 e. The molecule has 2 aliphatic rings. The maximum absolute atomic E-state index is 14.2. The van der Waals surface area contributed by atoms with Crippen LogP contribution in [0.2, 0.25) is 5.02 Å². The van der Waals surface area contributed by atoms with E-state index in [2.05, 4.69) is 37.8 Å². The van der Waals surface area contributed by atoms with Gasteiger partial charge >= 0.3 is 0 Å². The predicted molar refractivity (Wildman–Crippen MR) is 163 cm³/mol. The van der Waals surface area contributed by atoms with Crippen LogP contribution in [0.3, 0.4) is 0 Å². The Hall–Kier alpha value is -4.22. The molecule has 0 saturated carbocycles. The number of hydrogen-bond acceptors (Lipinski definition) is 7. The molecule has 43 heavy (non-hydrogen) atoms. The molecule has 12 heteroatoms. The number of fused-ring (bicyclic) bond motifs is 3. The standard InChI is InChI=1S/C31H32ClFN8O2/c1-2-43-21-15-22(28-23-17-35-36-29(23)37-41(28)18-21)20-7-8-26(34-16-20)39-12-4-9-31(19-39)10-13-40(14-11-31)38-30(42)27-24(32)5-3-6-25(27)33/h3,5-8,15-18H,2,4,9-14,19H2,1H3,(H,36,37)(H,38,42). The van der Waals surface area contributed by atoms with Crippen LogP contribution in [0, 0.1) is 11.2 Å². The molecule has 0 aliphatic carbocycles. The van der Waals surface area contributed by atoms with Gasteiger partial charge in [-0.3, -0.25) is 15.3 Å². The molecule has 2 aliphatic heterocycles. The number of halogens is 2. The number of piperidine rings is 2. The Labute approximate surface area is 252 Å². The van der Waals surface area contributed by atoms with Crippen LogP contribution in [-0.4, -0.2) is 68.5 Å². The van der Waals surface area contributed by atoms with Crippen LogP contribution in [-0.2, 0) is 0 Å². The summed E-state index contributed by atoms with van der Waals surface area (Å²) < 4.78 is 21.9. The third-order valence-corrected chi connectivity index (χ3v) is 9.05. The molecule has 1 amide bonds. The minimum Gasteiger partial charge on any atom is -0.492 e. The van der Waals surface area contributed by atoms with Crippen LogP contribution in [0.1, 0.15) is 43.0 Å². The topological polar surface area (TPSA) is 104 Å². The molecule has 1 spiro atoms. The lowest BCUT2D eigenvalue weighted by Gasteiger charge is -2.48. The zero-order chi connectivity index (χ0) is 29.6. The van der Waals surface area contributed by atoms with Crippen LogP contribution in [0.4, 0.5) is 10.2 Å². The Morgan fingerprint density at radius 3 is 2.79 bits per heavy atom. The summed E-state index contributed by atoms with van der Waals surface area (Å²) in [5, 5.41) is 14.7. The Morgan fingerprint density at radius 2 is 2.02 bits per heavy atom.